The van der Waals surface area contributed by atoms with Gasteiger partial charge in [0.1, 0.15) is 5.76 Å². The molecule has 2 rings (SSSR count). The minimum atomic E-state index is 0.311. The van der Waals surface area contributed by atoms with E-state index in [2.05, 4.69) is 26.1 Å². The summed E-state index contributed by atoms with van der Waals surface area (Å²) in [6, 6.07) is 2.03. The predicted molar refractivity (Wildman–Crippen MR) is 66.3 cm³/mol. The lowest BCUT2D eigenvalue weighted by molar-refractivity contribution is 0.208. The van der Waals surface area contributed by atoms with Gasteiger partial charge in [0.15, 0.2) is 0 Å². The lowest BCUT2D eigenvalue weighted by Crippen LogP contribution is -2.44. The van der Waals surface area contributed by atoms with E-state index in [1.165, 1.54) is 31.2 Å². The van der Waals surface area contributed by atoms with Crippen molar-refractivity contribution in [2.45, 2.75) is 58.5 Å². The Balaban J connectivity index is 1.88. The van der Waals surface area contributed by atoms with Gasteiger partial charge in [-0.1, -0.05) is 6.92 Å². The Morgan fingerprint density at radius 3 is 2.69 bits per heavy atom. The molecule has 1 heterocycles. The van der Waals surface area contributed by atoms with Crippen LogP contribution in [-0.2, 0) is 6.54 Å². The highest BCUT2D eigenvalue weighted by Gasteiger charge is 2.29. The molecule has 0 atom stereocenters. The minimum Gasteiger partial charge on any atom is -0.468 e. The largest absolute Gasteiger partial charge is 0.468 e. The summed E-state index contributed by atoms with van der Waals surface area (Å²) < 4.78 is 5.46. The molecule has 0 amide bonds. The molecule has 0 saturated heterocycles. The van der Waals surface area contributed by atoms with Crippen LogP contribution in [0, 0.1) is 12.8 Å². The van der Waals surface area contributed by atoms with Gasteiger partial charge in [0.2, 0.25) is 0 Å². The van der Waals surface area contributed by atoms with Gasteiger partial charge in [0.05, 0.1) is 12.8 Å². The molecule has 0 bridgehead atoms. The fourth-order valence-corrected chi connectivity index (χ4v) is 2.45. The number of hydrogen-bond acceptors (Lipinski definition) is 2. The second kappa shape index (κ2) is 4.62. The molecule has 1 saturated carbocycles. The van der Waals surface area contributed by atoms with E-state index >= 15 is 0 Å². The van der Waals surface area contributed by atoms with Crippen molar-refractivity contribution in [3.8, 4) is 0 Å². The molecule has 1 N–H and O–H groups in total. The maximum absolute atomic E-state index is 5.46. The molecule has 1 aliphatic carbocycles. The summed E-state index contributed by atoms with van der Waals surface area (Å²) >= 11 is 0. The summed E-state index contributed by atoms with van der Waals surface area (Å²) in [5, 5.41) is 3.67. The summed E-state index contributed by atoms with van der Waals surface area (Å²) in [5.41, 5.74) is 1.56. The van der Waals surface area contributed by atoms with Crippen molar-refractivity contribution in [1.82, 2.24) is 5.32 Å². The molecule has 0 unspecified atom stereocenters. The van der Waals surface area contributed by atoms with Crippen molar-refractivity contribution in [3.05, 3.63) is 23.7 Å². The fourth-order valence-electron chi connectivity index (χ4n) is 2.45. The Hall–Kier alpha value is -0.760. The van der Waals surface area contributed by atoms with Gasteiger partial charge in [-0.05, 0) is 57.1 Å². The van der Waals surface area contributed by atoms with Gasteiger partial charge in [-0.15, -0.1) is 0 Å². The molecule has 0 spiro atoms. The molecule has 16 heavy (non-hydrogen) atoms. The summed E-state index contributed by atoms with van der Waals surface area (Å²) in [5.74, 6) is 1.99. The maximum atomic E-state index is 5.46. The third-order valence-electron chi connectivity index (χ3n) is 4.02. The number of furan rings is 1. The van der Waals surface area contributed by atoms with Crippen molar-refractivity contribution in [2.24, 2.45) is 5.92 Å². The van der Waals surface area contributed by atoms with Gasteiger partial charge < -0.3 is 9.73 Å². The van der Waals surface area contributed by atoms with Crippen molar-refractivity contribution in [1.29, 1.82) is 0 Å². The van der Waals surface area contributed by atoms with E-state index < -0.39 is 0 Å². The Bertz CT molecular complexity index is 334. The van der Waals surface area contributed by atoms with Crippen LogP contribution in [0.25, 0.3) is 0 Å². The first-order valence-electron chi connectivity index (χ1n) is 6.37. The second-order valence-electron chi connectivity index (χ2n) is 5.62. The molecule has 2 nitrogen and oxygen atoms in total. The van der Waals surface area contributed by atoms with Crippen LogP contribution in [0.2, 0.25) is 0 Å². The standard InChI is InChI=1S/C14H23NO/c1-11-4-7-14(3,8-5-11)15-10-13-12(2)6-9-16-13/h6,9,11,15H,4-5,7-8,10H2,1-3H3. The highest BCUT2D eigenvalue weighted by molar-refractivity contribution is 5.14. The maximum Gasteiger partial charge on any atom is 0.120 e. The quantitative estimate of drug-likeness (QED) is 0.843. The Morgan fingerprint density at radius 1 is 1.44 bits per heavy atom. The molecule has 0 radical (unpaired) electrons. The Labute approximate surface area is 98.4 Å². The lowest BCUT2D eigenvalue weighted by Gasteiger charge is -2.37. The van der Waals surface area contributed by atoms with E-state index in [-0.39, 0.29) is 0 Å². The van der Waals surface area contributed by atoms with Gasteiger partial charge in [0.25, 0.3) is 0 Å². The highest BCUT2D eigenvalue weighted by atomic mass is 16.3. The van der Waals surface area contributed by atoms with Gasteiger partial charge in [-0.25, -0.2) is 0 Å². The summed E-state index contributed by atoms with van der Waals surface area (Å²) in [7, 11) is 0. The van der Waals surface area contributed by atoms with Crippen LogP contribution >= 0.6 is 0 Å². The normalized spacial score (nSPS) is 30.6. The topological polar surface area (TPSA) is 25.2 Å². The van der Waals surface area contributed by atoms with E-state index in [9.17, 15) is 0 Å². The Morgan fingerprint density at radius 2 is 2.12 bits per heavy atom. The third kappa shape index (κ3) is 2.67. The van der Waals surface area contributed by atoms with Crippen molar-refractivity contribution in [3.63, 3.8) is 0 Å². The van der Waals surface area contributed by atoms with Crippen molar-refractivity contribution < 1.29 is 4.42 Å². The molecule has 2 heteroatoms. The van der Waals surface area contributed by atoms with Crippen LogP contribution in [0.4, 0.5) is 0 Å². The summed E-state index contributed by atoms with van der Waals surface area (Å²) in [6.45, 7) is 7.67. The monoisotopic (exact) mass is 221 g/mol. The van der Waals surface area contributed by atoms with Crippen LogP contribution in [0.3, 0.4) is 0 Å². The number of rotatable bonds is 3. The zero-order valence-corrected chi connectivity index (χ0v) is 10.7. The number of aryl methyl sites for hydroxylation is 1. The first kappa shape index (κ1) is 11.7. The first-order chi connectivity index (χ1) is 7.59. The number of nitrogens with one attached hydrogen (secondary N) is 1. The second-order valence-corrected chi connectivity index (χ2v) is 5.62. The number of hydrogen-bond donors (Lipinski definition) is 1. The van der Waals surface area contributed by atoms with Crippen molar-refractivity contribution >= 4 is 0 Å². The average molecular weight is 221 g/mol. The van der Waals surface area contributed by atoms with Crippen LogP contribution in [0.1, 0.15) is 50.9 Å². The predicted octanol–water partition coefficient (Wildman–Crippen LogP) is 3.65. The third-order valence-corrected chi connectivity index (χ3v) is 4.02. The van der Waals surface area contributed by atoms with E-state index in [0.29, 0.717) is 5.54 Å². The molecule has 1 aromatic heterocycles. The molecule has 0 aliphatic heterocycles. The smallest absolute Gasteiger partial charge is 0.120 e. The minimum absolute atomic E-state index is 0.311. The van der Waals surface area contributed by atoms with E-state index in [1.54, 1.807) is 6.26 Å². The molecule has 90 valence electrons. The van der Waals surface area contributed by atoms with Crippen LogP contribution < -0.4 is 5.32 Å². The zero-order chi connectivity index (χ0) is 11.6. The molecular formula is C14H23NO. The van der Waals surface area contributed by atoms with Gasteiger partial charge in [-0.3, -0.25) is 0 Å². The van der Waals surface area contributed by atoms with Gasteiger partial charge in [0, 0.05) is 5.54 Å². The molecular weight excluding hydrogens is 198 g/mol. The SMILES string of the molecule is Cc1ccoc1CNC1(C)CCC(C)CC1. The van der Waals surface area contributed by atoms with Crippen molar-refractivity contribution in [2.75, 3.05) is 0 Å². The molecule has 1 aromatic rings. The van der Waals surface area contributed by atoms with Gasteiger partial charge in [-0.2, -0.15) is 0 Å². The molecule has 1 aliphatic rings. The van der Waals surface area contributed by atoms with Crippen LogP contribution in [0.15, 0.2) is 16.7 Å². The molecule has 1 fully saturated rings. The Kier molecular flexibility index (Phi) is 3.38. The van der Waals surface area contributed by atoms with Gasteiger partial charge >= 0.3 is 0 Å². The van der Waals surface area contributed by atoms with E-state index in [4.69, 9.17) is 4.42 Å². The van der Waals surface area contributed by atoms with Crippen LogP contribution in [-0.4, -0.2) is 5.54 Å². The molecule has 0 aromatic carbocycles. The fraction of sp³-hybridized carbons (Fsp3) is 0.714. The van der Waals surface area contributed by atoms with E-state index in [1.807, 2.05) is 6.07 Å². The summed E-state index contributed by atoms with van der Waals surface area (Å²) in [6.07, 6.45) is 7.04. The van der Waals surface area contributed by atoms with E-state index in [0.717, 1.165) is 18.2 Å². The lowest BCUT2D eigenvalue weighted by atomic mass is 9.78. The first-order valence-corrected chi connectivity index (χ1v) is 6.37. The summed E-state index contributed by atoms with van der Waals surface area (Å²) in [4.78, 5) is 0. The average Bonchev–Trinajstić information content (AvgIpc) is 2.67. The van der Waals surface area contributed by atoms with Crippen LogP contribution in [0.5, 0.6) is 0 Å². The zero-order valence-electron chi connectivity index (χ0n) is 10.7. The highest BCUT2D eigenvalue weighted by Crippen LogP contribution is 2.31.